The van der Waals surface area contributed by atoms with Crippen molar-refractivity contribution in [3.63, 3.8) is 0 Å². The molecule has 0 atom stereocenters. The van der Waals surface area contributed by atoms with Gasteiger partial charge in [0.05, 0.1) is 11.4 Å². The van der Waals surface area contributed by atoms with Crippen molar-refractivity contribution in [3.8, 4) is 0 Å². The van der Waals surface area contributed by atoms with Gasteiger partial charge in [0.2, 0.25) is 0 Å². The van der Waals surface area contributed by atoms with E-state index in [-0.39, 0.29) is 34.5 Å². The van der Waals surface area contributed by atoms with Crippen molar-refractivity contribution in [3.05, 3.63) is 51.7 Å². The Morgan fingerprint density at radius 1 is 1.13 bits per heavy atom. The van der Waals surface area contributed by atoms with Crippen molar-refractivity contribution >= 4 is 34.8 Å². The molecule has 1 aromatic heterocycles. The Morgan fingerprint density at radius 2 is 1.78 bits per heavy atom. The molecular weight excluding hydrogens is 347 g/mol. The number of amides is 1. The fraction of sp³-hybridized carbons (Fsp3) is 0.200. The van der Waals surface area contributed by atoms with Crippen LogP contribution in [-0.4, -0.2) is 23.7 Å². The van der Waals surface area contributed by atoms with Crippen molar-refractivity contribution in [2.45, 2.75) is 17.3 Å². The second-order valence-electron chi connectivity index (χ2n) is 4.59. The number of Topliss-reactive ketones (excluding diaryl/α,β-unsaturated/α-hetero) is 1. The van der Waals surface area contributed by atoms with Gasteiger partial charge in [0.15, 0.2) is 5.78 Å². The van der Waals surface area contributed by atoms with Crippen LogP contribution in [-0.2, 0) is 0 Å². The molecule has 0 aliphatic rings. The molecule has 0 saturated heterocycles. The predicted molar refractivity (Wildman–Crippen MR) is 84.1 cm³/mol. The van der Waals surface area contributed by atoms with Gasteiger partial charge in [0, 0.05) is 15.3 Å². The van der Waals surface area contributed by atoms with Gasteiger partial charge in [-0.2, -0.15) is 13.2 Å². The van der Waals surface area contributed by atoms with Gasteiger partial charge < -0.3 is 5.32 Å². The zero-order valence-electron chi connectivity index (χ0n) is 11.9. The number of hydrogen-bond acceptors (Lipinski definition) is 4. The lowest BCUT2D eigenvalue weighted by molar-refractivity contribution is -0.0328. The average Bonchev–Trinajstić information content (AvgIpc) is 2.90. The van der Waals surface area contributed by atoms with Crippen LogP contribution < -0.4 is 5.32 Å². The van der Waals surface area contributed by atoms with E-state index in [1.807, 2.05) is 13.0 Å². The van der Waals surface area contributed by atoms with Crippen LogP contribution in [0.15, 0.2) is 41.3 Å². The smallest absolute Gasteiger partial charge is 0.345 e. The first-order chi connectivity index (χ1) is 10.7. The first-order valence-electron chi connectivity index (χ1n) is 6.48. The molecule has 1 aromatic carbocycles. The fourth-order valence-corrected chi connectivity index (χ4v) is 3.09. The Labute approximate surface area is 138 Å². The summed E-state index contributed by atoms with van der Waals surface area (Å²) in [6.45, 7) is 1.72. The van der Waals surface area contributed by atoms with E-state index >= 15 is 0 Å². The van der Waals surface area contributed by atoms with Crippen molar-refractivity contribution in [1.29, 1.82) is 0 Å². The predicted octanol–water partition coefficient (Wildman–Crippen LogP) is 4.28. The van der Waals surface area contributed by atoms with Crippen LogP contribution in [0.25, 0.3) is 0 Å². The molecule has 2 rings (SSSR count). The van der Waals surface area contributed by atoms with Crippen LogP contribution in [0.5, 0.6) is 0 Å². The first-order valence-corrected chi connectivity index (χ1v) is 8.11. The number of carbonyl (C=O) groups excluding carboxylic acids is 2. The van der Waals surface area contributed by atoms with Crippen LogP contribution in [0, 0.1) is 6.92 Å². The first kappa shape index (κ1) is 17.6. The van der Waals surface area contributed by atoms with E-state index in [0.717, 1.165) is 4.88 Å². The lowest BCUT2D eigenvalue weighted by atomic mass is 10.2. The summed E-state index contributed by atoms with van der Waals surface area (Å²) < 4.78 is 36.7. The molecule has 3 nitrogen and oxygen atoms in total. The number of hydrogen-bond donors (Lipinski definition) is 1. The zero-order chi connectivity index (χ0) is 17.0. The lowest BCUT2D eigenvalue weighted by Gasteiger charge is -2.07. The van der Waals surface area contributed by atoms with E-state index in [1.165, 1.54) is 35.6 Å². The Morgan fingerprint density at radius 3 is 2.30 bits per heavy atom. The molecule has 0 aliphatic heterocycles. The molecule has 1 N–H and O–H groups in total. The number of thioether (sulfide) groups is 1. The maximum absolute atomic E-state index is 12.2. The lowest BCUT2D eigenvalue weighted by Crippen LogP contribution is -2.29. The second-order valence-corrected chi connectivity index (χ2v) is 7.01. The SMILES string of the molecule is Cc1ccc(C(=O)CNC(=O)c2ccc(SC(F)(F)F)cc2)s1. The standard InChI is InChI=1S/C15H12F3NO2S2/c1-9-2-7-13(22-9)12(20)8-19-14(21)10-3-5-11(6-4-10)23-15(16,17)18/h2-7H,8H2,1H3,(H,19,21). The van der Waals surface area contributed by atoms with Gasteiger partial charge >= 0.3 is 5.51 Å². The van der Waals surface area contributed by atoms with Crippen LogP contribution in [0.2, 0.25) is 0 Å². The third-order valence-corrected chi connectivity index (χ3v) is 4.56. The number of thiophene rings is 1. The summed E-state index contributed by atoms with van der Waals surface area (Å²) in [5, 5.41) is 2.46. The van der Waals surface area contributed by atoms with Crippen LogP contribution in [0.3, 0.4) is 0 Å². The minimum atomic E-state index is -4.37. The highest BCUT2D eigenvalue weighted by atomic mass is 32.2. The summed E-state index contributed by atoms with van der Waals surface area (Å²) in [4.78, 5) is 25.3. The monoisotopic (exact) mass is 359 g/mol. The van der Waals surface area contributed by atoms with Crippen LogP contribution in [0.1, 0.15) is 24.9 Å². The van der Waals surface area contributed by atoms with Crippen LogP contribution in [0.4, 0.5) is 13.2 Å². The molecule has 0 radical (unpaired) electrons. The van der Waals surface area contributed by atoms with Crippen LogP contribution >= 0.6 is 23.1 Å². The molecular formula is C15H12F3NO2S2. The number of ketones is 1. The molecule has 0 unspecified atom stereocenters. The average molecular weight is 359 g/mol. The summed E-state index contributed by atoms with van der Waals surface area (Å²) in [6.07, 6.45) is 0. The van der Waals surface area contributed by atoms with Gasteiger partial charge in [-0.3, -0.25) is 9.59 Å². The van der Waals surface area contributed by atoms with Gasteiger partial charge in [-0.25, -0.2) is 0 Å². The highest BCUT2D eigenvalue weighted by Crippen LogP contribution is 2.36. The molecule has 122 valence electrons. The Kier molecular flexibility index (Phi) is 5.48. The zero-order valence-corrected chi connectivity index (χ0v) is 13.6. The number of alkyl halides is 3. The summed E-state index contributed by atoms with van der Waals surface area (Å²) in [6, 6.07) is 8.54. The molecule has 1 heterocycles. The fourth-order valence-electron chi connectivity index (χ4n) is 1.74. The Hall–Kier alpha value is -1.80. The number of rotatable bonds is 5. The topological polar surface area (TPSA) is 46.2 Å². The summed E-state index contributed by atoms with van der Waals surface area (Å²) in [5.41, 5.74) is -4.17. The largest absolute Gasteiger partial charge is 0.446 e. The highest BCUT2D eigenvalue weighted by Gasteiger charge is 2.29. The number of halogens is 3. The summed E-state index contributed by atoms with van der Waals surface area (Å²) >= 11 is 1.09. The minimum Gasteiger partial charge on any atom is -0.345 e. The number of carbonyl (C=O) groups is 2. The second kappa shape index (κ2) is 7.18. The van der Waals surface area contributed by atoms with Crippen molar-refractivity contribution in [1.82, 2.24) is 5.32 Å². The van der Waals surface area contributed by atoms with Crippen molar-refractivity contribution < 1.29 is 22.8 Å². The maximum Gasteiger partial charge on any atom is 0.446 e. The van der Waals surface area contributed by atoms with Gasteiger partial charge in [0.25, 0.3) is 5.91 Å². The van der Waals surface area contributed by atoms with Gasteiger partial charge in [-0.15, -0.1) is 11.3 Å². The summed E-state index contributed by atoms with van der Waals surface area (Å²) in [7, 11) is 0. The normalized spacial score (nSPS) is 11.3. The van der Waals surface area contributed by atoms with Crippen molar-refractivity contribution in [2.75, 3.05) is 6.54 Å². The van der Waals surface area contributed by atoms with E-state index in [1.54, 1.807) is 6.07 Å². The molecule has 0 spiro atoms. The van der Waals surface area contributed by atoms with E-state index < -0.39 is 11.4 Å². The van der Waals surface area contributed by atoms with Gasteiger partial charge in [-0.05, 0) is 55.1 Å². The third kappa shape index (κ3) is 5.40. The van der Waals surface area contributed by atoms with E-state index in [9.17, 15) is 22.8 Å². The molecule has 8 heteroatoms. The van der Waals surface area contributed by atoms with Gasteiger partial charge in [-0.1, -0.05) is 0 Å². The highest BCUT2D eigenvalue weighted by molar-refractivity contribution is 8.00. The van der Waals surface area contributed by atoms with E-state index in [2.05, 4.69) is 5.32 Å². The minimum absolute atomic E-state index is 0.000753. The molecule has 0 fully saturated rings. The Balaban J connectivity index is 1.92. The molecule has 1 amide bonds. The van der Waals surface area contributed by atoms with E-state index in [0.29, 0.717) is 4.88 Å². The molecule has 0 bridgehead atoms. The number of benzene rings is 1. The van der Waals surface area contributed by atoms with Crippen molar-refractivity contribution in [2.24, 2.45) is 0 Å². The molecule has 0 aliphatic carbocycles. The third-order valence-electron chi connectivity index (χ3n) is 2.77. The maximum atomic E-state index is 12.2. The van der Waals surface area contributed by atoms with Gasteiger partial charge in [0.1, 0.15) is 0 Å². The Bertz CT molecular complexity index is 708. The summed E-state index contributed by atoms with van der Waals surface area (Å²) in [5.74, 6) is -0.712. The molecule has 2 aromatic rings. The quantitative estimate of drug-likeness (QED) is 0.640. The molecule has 23 heavy (non-hydrogen) atoms. The van der Waals surface area contributed by atoms with E-state index in [4.69, 9.17) is 0 Å². The molecule has 0 saturated carbocycles. The number of aryl methyl sites for hydroxylation is 1. The number of nitrogens with one attached hydrogen (secondary N) is 1.